The maximum Gasteiger partial charge on any atom is 0.214 e. The van der Waals surface area contributed by atoms with Crippen molar-refractivity contribution in [2.75, 3.05) is 31.9 Å². The van der Waals surface area contributed by atoms with Crippen LogP contribution < -0.4 is 11.1 Å². The molecule has 1 saturated heterocycles. The van der Waals surface area contributed by atoms with Crippen LogP contribution >= 0.6 is 0 Å². The molecule has 6 nitrogen and oxygen atoms in total. The maximum atomic E-state index is 11.4. The lowest BCUT2D eigenvalue weighted by molar-refractivity contribution is 0.445. The van der Waals surface area contributed by atoms with Crippen LogP contribution in [0.15, 0.2) is 4.99 Å². The number of sulfonamides is 1. The van der Waals surface area contributed by atoms with E-state index in [1.807, 2.05) is 6.92 Å². The van der Waals surface area contributed by atoms with Crippen LogP contribution in [0.1, 0.15) is 19.8 Å². The summed E-state index contributed by atoms with van der Waals surface area (Å²) in [7, 11) is -2.99. The van der Waals surface area contributed by atoms with Crippen LogP contribution in [0, 0.1) is 0 Å². The standard InChI is InChI=1S/C9H20N4O2S/c1-2-4-11-9(10)12-5-7-13-6-3-8-16(13,14)15/h2-8H2,1H3,(H3,10,11,12). The van der Waals surface area contributed by atoms with E-state index in [0.717, 1.165) is 12.8 Å². The maximum absolute atomic E-state index is 11.4. The summed E-state index contributed by atoms with van der Waals surface area (Å²) in [5.41, 5.74) is 5.58. The van der Waals surface area contributed by atoms with Gasteiger partial charge in [-0.05, 0) is 12.8 Å². The van der Waals surface area contributed by atoms with E-state index < -0.39 is 10.0 Å². The molecule has 3 N–H and O–H groups in total. The highest BCUT2D eigenvalue weighted by atomic mass is 32.2. The predicted molar refractivity (Wildman–Crippen MR) is 64.8 cm³/mol. The minimum atomic E-state index is -2.99. The van der Waals surface area contributed by atoms with E-state index in [1.54, 1.807) is 0 Å². The second kappa shape index (κ2) is 6.05. The molecule has 0 aromatic heterocycles. The summed E-state index contributed by atoms with van der Waals surface area (Å²) in [6.45, 7) is 4.31. The Morgan fingerprint density at radius 2 is 2.31 bits per heavy atom. The Morgan fingerprint density at radius 3 is 2.88 bits per heavy atom. The monoisotopic (exact) mass is 248 g/mol. The molecule has 0 spiro atoms. The van der Waals surface area contributed by atoms with E-state index in [1.165, 1.54) is 4.31 Å². The Bertz CT molecular complexity index is 339. The van der Waals surface area contributed by atoms with Crippen LogP contribution in [0.5, 0.6) is 0 Å². The Hall–Kier alpha value is -0.820. The average molecular weight is 248 g/mol. The molecule has 1 aliphatic heterocycles. The molecule has 16 heavy (non-hydrogen) atoms. The number of nitrogens with two attached hydrogens (primary N) is 1. The van der Waals surface area contributed by atoms with Crippen molar-refractivity contribution in [1.82, 2.24) is 9.62 Å². The molecule has 0 radical (unpaired) electrons. The fourth-order valence-corrected chi connectivity index (χ4v) is 3.07. The molecule has 0 aromatic rings. The van der Waals surface area contributed by atoms with Gasteiger partial charge in [-0.2, -0.15) is 0 Å². The van der Waals surface area contributed by atoms with E-state index in [9.17, 15) is 8.42 Å². The van der Waals surface area contributed by atoms with Gasteiger partial charge in [0.1, 0.15) is 0 Å². The fourth-order valence-electron chi connectivity index (χ4n) is 1.54. The number of rotatable bonds is 5. The molecule has 0 aliphatic carbocycles. The number of guanidine groups is 1. The molecule has 0 saturated carbocycles. The zero-order valence-electron chi connectivity index (χ0n) is 9.65. The molecule has 0 aromatic carbocycles. The van der Waals surface area contributed by atoms with Crippen molar-refractivity contribution >= 4 is 16.0 Å². The third kappa shape index (κ3) is 3.97. The molecule has 1 heterocycles. The molecule has 0 amide bonds. The van der Waals surface area contributed by atoms with Crippen LogP contribution in [0.3, 0.4) is 0 Å². The first kappa shape index (κ1) is 13.2. The first-order valence-corrected chi connectivity index (χ1v) is 7.19. The SMILES string of the molecule is CCCN=C(N)NCCN1CCCS1(=O)=O. The Balaban J connectivity index is 2.26. The second-order valence-corrected chi connectivity index (χ2v) is 5.85. The number of nitrogens with one attached hydrogen (secondary N) is 1. The zero-order valence-corrected chi connectivity index (χ0v) is 10.5. The Morgan fingerprint density at radius 1 is 1.56 bits per heavy atom. The predicted octanol–water partition coefficient (Wildman–Crippen LogP) is -0.664. The van der Waals surface area contributed by atoms with E-state index in [0.29, 0.717) is 32.1 Å². The van der Waals surface area contributed by atoms with Gasteiger partial charge in [0.05, 0.1) is 5.75 Å². The van der Waals surface area contributed by atoms with Gasteiger partial charge in [-0.25, -0.2) is 12.7 Å². The molecular formula is C9H20N4O2S. The number of aliphatic imine (C=N–C) groups is 1. The van der Waals surface area contributed by atoms with Gasteiger partial charge in [-0.3, -0.25) is 4.99 Å². The average Bonchev–Trinajstić information content (AvgIpc) is 2.55. The summed E-state index contributed by atoms with van der Waals surface area (Å²) in [6.07, 6.45) is 1.67. The molecule has 0 unspecified atom stereocenters. The number of hydrogen-bond acceptors (Lipinski definition) is 3. The smallest absolute Gasteiger partial charge is 0.214 e. The van der Waals surface area contributed by atoms with Crippen LogP contribution in [-0.4, -0.2) is 50.6 Å². The largest absolute Gasteiger partial charge is 0.370 e. The summed E-state index contributed by atoms with van der Waals surface area (Å²) < 4.78 is 24.4. The minimum absolute atomic E-state index is 0.270. The van der Waals surface area contributed by atoms with Gasteiger partial charge in [-0.15, -0.1) is 0 Å². The summed E-state index contributed by atoms with van der Waals surface area (Å²) in [4.78, 5) is 4.06. The van der Waals surface area contributed by atoms with Crippen molar-refractivity contribution < 1.29 is 8.42 Å². The lowest BCUT2D eigenvalue weighted by Gasteiger charge is -2.14. The molecule has 1 rings (SSSR count). The van der Waals surface area contributed by atoms with Crippen LogP contribution in [-0.2, 0) is 10.0 Å². The highest BCUT2D eigenvalue weighted by Gasteiger charge is 2.27. The third-order valence-corrected chi connectivity index (χ3v) is 4.33. The van der Waals surface area contributed by atoms with Crippen LogP contribution in [0.2, 0.25) is 0 Å². The lowest BCUT2D eigenvalue weighted by Crippen LogP contribution is -2.39. The van der Waals surface area contributed by atoms with Crippen LogP contribution in [0.25, 0.3) is 0 Å². The minimum Gasteiger partial charge on any atom is -0.370 e. The molecule has 1 aliphatic rings. The Labute approximate surface area is 97.0 Å². The van der Waals surface area contributed by atoms with Gasteiger partial charge in [0, 0.05) is 26.2 Å². The van der Waals surface area contributed by atoms with E-state index in [4.69, 9.17) is 5.73 Å². The van der Waals surface area contributed by atoms with Crippen molar-refractivity contribution in [3.05, 3.63) is 0 Å². The van der Waals surface area contributed by atoms with Crippen molar-refractivity contribution in [2.24, 2.45) is 10.7 Å². The summed E-state index contributed by atoms with van der Waals surface area (Å²) in [6, 6.07) is 0. The molecule has 7 heteroatoms. The van der Waals surface area contributed by atoms with Gasteiger partial charge in [0.15, 0.2) is 5.96 Å². The topological polar surface area (TPSA) is 87.8 Å². The molecule has 0 atom stereocenters. The van der Waals surface area contributed by atoms with Crippen molar-refractivity contribution in [3.8, 4) is 0 Å². The van der Waals surface area contributed by atoms with Gasteiger partial charge >= 0.3 is 0 Å². The van der Waals surface area contributed by atoms with Crippen molar-refractivity contribution in [3.63, 3.8) is 0 Å². The summed E-state index contributed by atoms with van der Waals surface area (Å²) >= 11 is 0. The highest BCUT2D eigenvalue weighted by Crippen LogP contribution is 2.11. The quantitative estimate of drug-likeness (QED) is 0.499. The highest BCUT2D eigenvalue weighted by molar-refractivity contribution is 7.89. The normalized spacial score (nSPS) is 21.2. The summed E-state index contributed by atoms with van der Waals surface area (Å²) in [5, 5.41) is 2.90. The lowest BCUT2D eigenvalue weighted by atomic mass is 10.5. The molecule has 1 fully saturated rings. The van der Waals surface area contributed by atoms with Gasteiger partial charge < -0.3 is 11.1 Å². The molecule has 0 bridgehead atoms. The van der Waals surface area contributed by atoms with Crippen molar-refractivity contribution in [1.29, 1.82) is 0 Å². The van der Waals surface area contributed by atoms with Crippen LogP contribution in [0.4, 0.5) is 0 Å². The van der Waals surface area contributed by atoms with Gasteiger partial charge in [0.25, 0.3) is 0 Å². The van der Waals surface area contributed by atoms with E-state index in [2.05, 4.69) is 10.3 Å². The first-order valence-electron chi connectivity index (χ1n) is 5.58. The van der Waals surface area contributed by atoms with Crippen molar-refractivity contribution in [2.45, 2.75) is 19.8 Å². The van der Waals surface area contributed by atoms with Gasteiger partial charge in [0.2, 0.25) is 10.0 Å². The van der Waals surface area contributed by atoms with E-state index >= 15 is 0 Å². The Kier molecular flexibility index (Phi) is 5.01. The fraction of sp³-hybridized carbons (Fsp3) is 0.889. The second-order valence-electron chi connectivity index (χ2n) is 3.76. The van der Waals surface area contributed by atoms with Gasteiger partial charge in [-0.1, -0.05) is 6.92 Å². The molecular weight excluding hydrogens is 228 g/mol. The third-order valence-electron chi connectivity index (χ3n) is 2.38. The first-order chi connectivity index (χ1) is 7.56. The number of hydrogen-bond donors (Lipinski definition) is 2. The number of nitrogens with zero attached hydrogens (tertiary/aromatic N) is 2. The summed E-state index contributed by atoms with van der Waals surface area (Å²) in [5.74, 6) is 0.658. The zero-order chi connectivity index (χ0) is 12.0. The van der Waals surface area contributed by atoms with E-state index in [-0.39, 0.29) is 5.75 Å². The molecule has 94 valence electrons.